The molecular formula is C14H18F5N3O. The molecular weight excluding hydrogens is 321 g/mol. The Morgan fingerprint density at radius 2 is 1.65 bits per heavy atom. The fourth-order valence-electron chi connectivity index (χ4n) is 1.79. The molecule has 130 valence electrons. The number of nitrogens with one attached hydrogen (secondary N) is 1. The number of carbonyl (C=O) groups is 1. The number of benzene rings is 1. The van der Waals surface area contributed by atoms with Crippen molar-refractivity contribution in [3.05, 3.63) is 35.4 Å². The van der Waals surface area contributed by atoms with Gasteiger partial charge in [-0.1, -0.05) is 6.07 Å². The quantitative estimate of drug-likeness (QED) is 0.838. The third-order valence-corrected chi connectivity index (χ3v) is 3.11. The van der Waals surface area contributed by atoms with Crippen LogP contribution in [0.25, 0.3) is 0 Å². The molecule has 0 saturated heterocycles. The van der Waals surface area contributed by atoms with Gasteiger partial charge in [-0.3, -0.25) is 0 Å². The first-order valence-electron chi connectivity index (χ1n) is 6.71. The Morgan fingerprint density at radius 1 is 1.13 bits per heavy atom. The molecule has 1 rings (SSSR count). The van der Waals surface area contributed by atoms with Gasteiger partial charge in [0.1, 0.15) is 11.6 Å². The van der Waals surface area contributed by atoms with Crippen molar-refractivity contribution in [2.24, 2.45) is 0 Å². The Bertz CT molecular complexity index is 527. The van der Waals surface area contributed by atoms with E-state index in [1.165, 1.54) is 7.05 Å². The first-order valence-corrected chi connectivity index (χ1v) is 6.71. The van der Waals surface area contributed by atoms with E-state index in [2.05, 4.69) is 0 Å². The number of hydrogen-bond donors (Lipinski definition) is 1. The van der Waals surface area contributed by atoms with E-state index in [9.17, 15) is 26.7 Å². The van der Waals surface area contributed by atoms with Crippen molar-refractivity contribution in [1.29, 1.82) is 0 Å². The van der Waals surface area contributed by atoms with Gasteiger partial charge in [0.05, 0.1) is 5.56 Å². The second-order valence-corrected chi connectivity index (χ2v) is 5.28. The van der Waals surface area contributed by atoms with Gasteiger partial charge < -0.3 is 15.1 Å². The molecule has 0 aliphatic carbocycles. The molecule has 0 saturated carbocycles. The Balaban J connectivity index is 2.99. The summed E-state index contributed by atoms with van der Waals surface area (Å²) in [7, 11) is 4.77. The molecule has 0 aromatic heterocycles. The number of alkyl halides is 3. The summed E-state index contributed by atoms with van der Waals surface area (Å²) in [4.78, 5) is 14.6. The molecule has 1 aromatic rings. The number of rotatable bonds is 5. The highest BCUT2D eigenvalue weighted by Gasteiger charge is 2.45. The summed E-state index contributed by atoms with van der Waals surface area (Å²) in [5.41, 5.74) is -1.23. The molecule has 0 bridgehead atoms. The van der Waals surface area contributed by atoms with Crippen molar-refractivity contribution in [2.45, 2.75) is 12.2 Å². The van der Waals surface area contributed by atoms with Gasteiger partial charge in [-0.15, -0.1) is 0 Å². The zero-order valence-electron chi connectivity index (χ0n) is 12.9. The van der Waals surface area contributed by atoms with Crippen LogP contribution in [0.4, 0.5) is 26.7 Å². The van der Waals surface area contributed by atoms with E-state index in [0.717, 1.165) is 11.0 Å². The van der Waals surface area contributed by atoms with Gasteiger partial charge in [0.15, 0.2) is 6.04 Å². The van der Waals surface area contributed by atoms with E-state index in [1.807, 2.05) is 0 Å². The SMILES string of the molecule is CN(C)CCN(C)C(=O)NC(c1c(F)cccc1F)C(F)(F)F. The van der Waals surface area contributed by atoms with Crippen LogP contribution in [-0.2, 0) is 0 Å². The third-order valence-electron chi connectivity index (χ3n) is 3.11. The molecule has 0 heterocycles. The summed E-state index contributed by atoms with van der Waals surface area (Å²) in [5, 5.41) is 1.64. The highest BCUT2D eigenvalue weighted by molar-refractivity contribution is 5.74. The zero-order chi connectivity index (χ0) is 17.8. The minimum Gasteiger partial charge on any atom is -0.327 e. The van der Waals surface area contributed by atoms with E-state index >= 15 is 0 Å². The highest BCUT2D eigenvalue weighted by Crippen LogP contribution is 2.35. The molecule has 0 fully saturated rings. The van der Waals surface area contributed by atoms with E-state index in [0.29, 0.717) is 18.7 Å². The molecule has 1 unspecified atom stereocenters. The molecule has 1 N–H and O–H groups in total. The van der Waals surface area contributed by atoms with E-state index in [4.69, 9.17) is 0 Å². The molecule has 9 heteroatoms. The number of likely N-dealkylation sites (N-methyl/N-ethyl adjacent to an activating group) is 2. The number of amides is 2. The van der Waals surface area contributed by atoms with Gasteiger partial charge in [-0.05, 0) is 26.2 Å². The number of carbonyl (C=O) groups excluding carboxylic acids is 1. The summed E-state index contributed by atoms with van der Waals surface area (Å²) in [6.45, 7) is 0.581. The predicted octanol–water partition coefficient (Wildman–Crippen LogP) is 2.77. The van der Waals surface area contributed by atoms with Crippen LogP contribution in [0.2, 0.25) is 0 Å². The van der Waals surface area contributed by atoms with Gasteiger partial charge in [-0.2, -0.15) is 13.2 Å². The van der Waals surface area contributed by atoms with Gasteiger partial charge >= 0.3 is 12.2 Å². The lowest BCUT2D eigenvalue weighted by Crippen LogP contribution is -2.46. The second-order valence-electron chi connectivity index (χ2n) is 5.28. The summed E-state index contributed by atoms with van der Waals surface area (Å²) in [5.74, 6) is -2.74. The van der Waals surface area contributed by atoms with Crippen LogP contribution in [0.5, 0.6) is 0 Å². The molecule has 23 heavy (non-hydrogen) atoms. The molecule has 0 spiro atoms. The van der Waals surface area contributed by atoms with Gasteiger partial charge in [0, 0.05) is 20.1 Å². The maximum absolute atomic E-state index is 13.6. The molecule has 1 aromatic carbocycles. The lowest BCUT2D eigenvalue weighted by molar-refractivity contribution is -0.156. The van der Waals surface area contributed by atoms with Crippen LogP contribution in [0.15, 0.2) is 18.2 Å². The van der Waals surface area contributed by atoms with Crippen molar-refractivity contribution >= 4 is 6.03 Å². The maximum atomic E-state index is 13.6. The van der Waals surface area contributed by atoms with Crippen LogP contribution in [0.1, 0.15) is 11.6 Å². The monoisotopic (exact) mass is 339 g/mol. The third kappa shape index (κ3) is 5.34. The van der Waals surface area contributed by atoms with Crippen LogP contribution in [0.3, 0.4) is 0 Å². The average molecular weight is 339 g/mol. The number of nitrogens with zero attached hydrogens (tertiary/aromatic N) is 2. The summed E-state index contributed by atoms with van der Waals surface area (Å²) in [6.07, 6.45) is -5.04. The van der Waals surface area contributed by atoms with Crippen molar-refractivity contribution in [3.8, 4) is 0 Å². The van der Waals surface area contributed by atoms with Gasteiger partial charge in [0.2, 0.25) is 0 Å². The van der Waals surface area contributed by atoms with E-state index in [1.54, 1.807) is 24.3 Å². The summed E-state index contributed by atoms with van der Waals surface area (Å²) < 4.78 is 66.6. The lowest BCUT2D eigenvalue weighted by atomic mass is 10.1. The first-order chi connectivity index (χ1) is 10.5. The van der Waals surface area contributed by atoms with Gasteiger partial charge in [-0.25, -0.2) is 13.6 Å². The highest BCUT2D eigenvalue weighted by atomic mass is 19.4. The Hall–Kier alpha value is -1.90. The zero-order valence-corrected chi connectivity index (χ0v) is 12.9. The Morgan fingerprint density at radius 3 is 2.09 bits per heavy atom. The van der Waals surface area contributed by atoms with Crippen molar-refractivity contribution in [2.75, 3.05) is 34.2 Å². The number of halogens is 5. The fraction of sp³-hybridized carbons (Fsp3) is 0.500. The second kappa shape index (κ2) is 7.58. The molecule has 0 aliphatic heterocycles. The summed E-state index contributed by atoms with van der Waals surface area (Å²) >= 11 is 0. The minimum atomic E-state index is -5.04. The normalized spacial score (nSPS) is 13.1. The Kier molecular flexibility index (Phi) is 6.31. The van der Waals surface area contributed by atoms with Crippen LogP contribution in [0, 0.1) is 11.6 Å². The largest absolute Gasteiger partial charge is 0.413 e. The van der Waals surface area contributed by atoms with Crippen molar-refractivity contribution in [1.82, 2.24) is 15.1 Å². The van der Waals surface area contributed by atoms with Crippen LogP contribution >= 0.6 is 0 Å². The van der Waals surface area contributed by atoms with Crippen molar-refractivity contribution < 1.29 is 26.7 Å². The fourth-order valence-corrected chi connectivity index (χ4v) is 1.79. The number of hydrogen-bond acceptors (Lipinski definition) is 2. The lowest BCUT2D eigenvalue weighted by Gasteiger charge is -2.26. The molecule has 2 amide bonds. The smallest absolute Gasteiger partial charge is 0.327 e. The molecule has 4 nitrogen and oxygen atoms in total. The van der Waals surface area contributed by atoms with Crippen molar-refractivity contribution in [3.63, 3.8) is 0 Å². The standard InChI is InChI=1S/C14H18F5N3O/c1-21(2)7-8-22(3)13(23)20-12(14(17,18)19)11-9(15)5-4-6-10(11)16/h4-6,12H,7-8H2,1-3H3,(H,20,23). The predicted molar refractivity (Wildman–Crippen MR) is 74.9 cm³/mol. The van der Waals surface area contributed by atoms with Gasteiger partial charge in [0.25, 0.3) is 0 Å². The first kappa shape index (κ1) is 19.1. The molecule has 0 aliphatic rings. The van der Waals surface area contributed by atoms with Crippen LogP contribution < -0.4 is 5.32 Å². The Labute approximate surface area is 130 Å². The minimum absolute atomic E-state index is 0.156. The maximum Gasteiger partial charge on any atom is 0.413 e. The molecule has 0 radical (unpaired) electrons. The van der Waals surface area contributed by atoms with Crippen LogP contribution in [-0.4, -0.2) is 56.2 Å². The topological polar surface area (TPSA) is 35.6 Å². The summed E-state index contributed by atoms with van der Waals surface area (Å²) in [6, 6.07) is -1.47. The molecule has 1 atom stereocenters. The average Bonchev–Trinajstić information content (AvgIpc) is 2.42. The number of urea groups is 1. The van der Waals surface area contributed by atoms with E-state index < -0.39 is 35.4 Å². The van der Waals surface area contributed by atoms with E-state index in [-0.39, 0.29) is 6.54 Å².